The van der Waals surface area contributed by atoms with E-state index in [0.29, 0.717) is 0 Å². The van der Waals surface area contributed by atoms with Crippen LogP contribution in [0.25, 0.3) is 0 Å². The van der Waals surface area contributed by atoms with Crippen molar-refractivity contribution < 1.29 is 36.2 Å². The van der Waals surface area contributed by atoms with Gasteiger partial charge < -0.3 is 44.1 Å². The van der Waals surface area contributed by atoms with Gasteiger partial charge in [-0.05, 0) is 0 Å². The van der Waals surface area contributed by atoms with Gasteiger partial charge in [-0.2, -0.15) is 12.6 Å². The van der Waals surface area contributed by atoms with Crippen LogP contribution in [0.5, 0.6) is 0 Å². The minimum Gasteiger partial charge on any atom is -0.787 e. The summed E-state index contributed by atoms with van der Waals surface area (Å²) in [6.45, 7) is 0. The maximum Gasteiger partial charge on any atom is 2.00 e. The minimum atomic E-state index is -1.18. The van der Waals surface area contributed by atoms with Crippen LogP contribution in [0.1, 0.15) is 0 Å². The zero-order valence-electron chi connectivity index (χ0n) is 7.15. The first kappa shape index (κ1) is 36.4. The molecule has 7 N–H and O–H groups in total. The maximum absolute atomic E-state index is 9.29. The SMILES string of the molecule is O.O.O.O=C(O)CS.O=C([O-])C[S-].[Ca+2]. The smallest absolute Gasteiger partial charge is 0.787 e. The standard InChI is InChI=1S/2C2H4O2S.Ca.3H2O/c2*3-2(4)1-5;;;;/h2*5H,1H2,(H,3,4);;3*1H2/q;;+2;;;/p-2. The molecule has 10 heteroatoms. The van der Waals surface area contributed by atoms with Gasteiger partial charge in [0.05, 0.1) is 5.75 Å². The molecular formula is C4H12CaO7S2. The molecule has 0 bridgehead atoms. The Kier molecular flexibility index (Phi) is 75.9. The number of aliphatic carboxylic acids is 2. The van der Waals surface area contributed by atoms with E-state index in [-0.39, 0.29) is 65.7 Å². The molecular weight excluding hydrogens is 264 g/mol. The molecule has 0 aliphatic heterocycles. The molecule has 7 nitrogen and oxygen atoms in total. The summed E-state index contributed by atoms with van der Waals surface area (Å²) in [7, 11) is 0. The van der Waals surface area contributed by atoms with Crippen LogP contribution in [0.3, 0.4) is 0 Å². The van der Waals surface area contributed by atoms with Crippen LogP contribution in [-0.4, -0.2) is 82.7 Å². The molecule has 0 aromatic heterocycles. The predicted molar refractivity (Wildman–Crippen MR) is 55.3 cm³/mol. The first-order chi connectivity index (χ1) is 4.54. The Bertz CT molecular complexity index is 108. The van der Waals surface area contributed by atoms with E-state index in [2.05, 4.69) is 25.3 Å². The quantitative estimate of drug-likeness (QED) is 0.293. The van der Waals surface area contributed by atoms with Crippen molar-refractivity contribution >= 4 is 74.9 Å². The van der Waals surface area contributed by atoms with E-state index in [0.717, 1.165) is 0 Å². The van der Waals surface area contributed by atoms with Gasteiger partial charge in [0.1, 0.15) is 0 Å². The van der Waals surface area contributed by atoms with Crippen LogP contribution < -0.4 is 5.11 Å². The van der Waals surface area contributed by atoms with Gasteiger partial charge in [0.25, 0.3) is 0 Å². The zero-order chi connectivity index (χ0) is 8.57. The summed E-state index contributed by atoms with van der Waals surface area (Å²) < 4.78 is 0. The number of carbonyl (C=O) groups excluding carboxylic acids is 1. The molecule has 84 valence electrons. The molecule has 0 fully saturated rings. The molecule has 0 heterocycles. The molecule has 0 saturated heterocycles. The summed E-state index contributed by atoms with van der Waals surface area (Å²) in [5.74, 6) is -2.45. The fourth-order valence-electron chi connectivity index (χ4n) is 0. The van der Waals surface area contributed by atoms with Crippen molar-refractivity contribution in [2.24, 2.45) is 0 Å². The molecule has 0 radical (unpaired) electrons. The van der Waals surface area contributed by atoms with Gasteiger partial charge in [0, 0.05) is 5.97 Å². The van der Waals surface area contributed by atoms with Crippen molar-refractivity contribution in [1.29, 1.82) is 0 Å². The summed E-state index contributed by atoms with van der Waals surface area (Å²) in [5, 5.41) is 16.8. The number of thiol groups is 1. The number of rotatable bonds is 2. The predicted octanol–water partition coefficient (Wildman–Crippen LogP) is -4.57. The average Bonchev–Trinajstić information content (AvgIpc) is 1.89. The Labute approximate surface area is 122 Å². The van der Waals surface area contributed by atoms with E-state index in [9.17, 15) is 4.79 Å². The number of hydrogen-bond donors (Lipinski definition) is 2. The second-order valence-corrected chi connectivity index (χ2v) is 1.67. The molecule has 0 aliphatic carbocycles. The number of carbonyl (C=O) groups is 2. The van der Waals surface area contributed by atoms with E-state index < -0.39 is 11.9 Å². The molecule has 0 spiro atoms. The van der Waals surface area contributed by atoms with E-state index in [1.807, 2.05) is 0 Å². The minimum absolute atomic E-state index is 0. The van der Waals surface area contributed by atoms with Crippen molar-refractivity contribution in [3.63, 3.8) is 0 Å². The summed E-state index contributed by atoms with van der Waals surface area (Å²) in [6.07, 6.45) is 0. The third-order valence-corrected chi connectivity index (χ3v) is 0.759. The largest absolute Gasteiger partial charge is 2.00 e. The van der Waals surface area contributed by atoms with Crippen molar-refractivity contribution in [2.45, 2.75) is 0 Å². The van der Waals surface area contributed by atoms with Crippen molar-refractivity contribution in [3.8, 4) is 0 Å². The molecule has 0 aromatic carbocycles. The number of hydrogen-bond acceptors (Lipinski definition) is 5. The molecule has 0 atom stereocenters. The van der Waals surface area contributed by atoms with Gasteiger partial charge in [-0.1, -0.05) is 0 Å². The van der Waals surface area contributed by atoms with Crippen LogP contribution in [-0.2, 0) is 22.2 Å². The van der Waals surface area contributed by atoms with Crippen molar-refractivity contribution in [1.82, 2.24) is 0 Å². The first-order valence-electron chi connectivity index (χ1n) is 2.15. The Morgan fingerprint density at radius 1 is 1.29 bits per heavy atom. The fraction of sp³-hybridized carbons (Fsp3) is 0.500. The average molecular weight is 276 g/mol. The number of carboxylic acid groups (broad SMARTS) is 2. The van der Waals surface area contributed by atoms with Crippen LogP contribution >= 0.6 is 12.6 Å². The Morgan fingerprint density at radius 3 is 1.43 bits per heavy atom. The molecule has 0 unspecified atom stereocenters. The fourth-order valence-corrected chi connectivity index (χ4v) is 0. The molecule has 0 aliphatic rings. The van der Waals surface area contributed by atoms with Crippen LogP contribution in [0.4, 0.5) is 0 Å². The zero-order valence-corrected chi connectivity index (χ0v) is 11.1. The second-order valence-electron chi connectivity index (χ2n) is 1.07. The van der Waals surface area contributed by atoms with E-state index in [1.54, 1.807) is 0 Å². The van der Waals surface area contributed by atoms with Gasteiger partial charge in [0.15, 0.2) is 0 Å². The molecule has 0 amide bonds. The van der Waals surface area contributed by atoms with Gasteiger partial charge >= 0.3 is 43.7 Å². The normalized spacial score (nSPS) is 5.29. The molecule has 0 aromatic rings. The van der Waals surface area contributed by atoms with Gasteiger partial charge in [0.2, 0.25) is 0 Å². The Balaban J connectivity index is -0.0000000178. The van der Waals surface area contributed by atoms with E-state index >= 15 is 0 Å². The summed E-state index contributed by atoms with van der Waals surface area (Å²) in [4.78, 5) is 18.4. The van der Waals surface area contributed by atoms with Crippen LogP contribution in [0.15, 0.2) is 0 Å². The van der Waals surface area contributed by atoms with Crippen molar-refractivity contribution in [3.05, 3.63) is 0 Å². The van der Waals surface area contributed by atoms with Gasteiger partial charge in [-0.25, -0.2) is 0 Å². The van der Waals surface area contributed by atoms with Gasteiger partial charge in [-0.15, -0.1) is 5.75 Å². The molecule has 0 saturated carbocycles. The topological polar surface area (TPSA) is 172 Å². The third kappa shape index (κ3) is 77.6. The molecule has 14 heavy (non-hydrogen) atoms. The van der Waals surface area contributed by atoms with Crippen molar-refractivity contribution in [2.75, 3.05) is 11.5 Å². The van der Waals surface area contributed by atoms with E-state index in [1.165, 1.54) is 0 Å². The number of carboxylic acids is 2. The molecule has 0 rings (SSSR count). The monoisotopic (exact) mass is 276 g/mol. The van der Waals surface area contributed by atoms with Crippen LogP contribution in [0, 0.1) is 0 Å². The maximum atomic E-state index is 9.29. The summed E-state index contributed by atoms with van der Waals surface area (Å²) >= 11 is 7.43. The summed E-state index contributed by atoms with van der Waals surface area (Å²) in [5.41, 5.74) is 0. The van der Waals surface area contributed by atoms with Crippen LogP contribution in [0.2, 0.25) is 0 Å². The Morgan fingerprint density at radius 2 is 1.43 bits per heavy atom. The Hall–Kier alpha value is 0.780. The second kappa shape index (κ2) is 29.2. The summed E-state index contributed by atoms with van der Waals surface area (Å²) in [6, 6.07) is 0. The first-order valence-corrected chi connectivity index (χ1v) is 3.36. The third-order valence-electron chi connectivity index (χ3n) is 0.253. The van der Waals surface area contributed by atoms with E-state index in [4.69, 9.17) is 15.0 Å². The van der Waals surface area contributed by atoms with Gasteiger partial charge in [-0.3, -0.25) is 4.79 Å².